The van der Waals surface area contributed by atoms with E-state index in [1.807, 2.05) is 0 Å². The smallest absolute Gasteiger partial charge is 0.354 e. The number of aromatic carboxylic acids is 1. The van der Waals surface area contributed by atoms with E-state index in [9.17, 15) is 14.7 Å². The van der Waals surface area contributed by atoms with E-state index in [4.69, 9.17) is 5.11 Å². The molecule has 86 valence electrons. The number of carboxylic acid groups (broad SMARTS) is 1. The highest BCUT2D eigenvalue weighted by Crippen LogP contribution is 2.25. The lowest BCUT2D eigenvalue weighted by Gasteiger charge is -2.04. The number of nitrogens with zero attached hydrogens (tertiary/aromatic N) is 1. The fraction of sp³-hybridized carbons (Fsp3) is 0.0833. The van der Waals surface area contributed by atoms with Crippen molar-refractivity contribution in [3.63, 3.8) is 0 Å². The molecule has 0 unspecified atom stereocenters. The first-order valence-corrected chi connectivity index (χ1v) is 4.87. The number of fused-ring (bicyclic) bond motifs is 1. The largest absolute Gasteiger partial charge is 0.507 e. The molecule has 0 saturated carbocycles. The highest BCUT2D eigenvalue weighted by Gasteiger charge is 2.11. The van der Waals surface area contributed by atoms with Gasteiger partial charge in [-0.3, -0.25) is 4.79 Å². The van der Waals surface area contributed by atoms with Gasteiger partial charge in [0.05, 0.1) is 5.52 Å². The number of aromatic hydroxyl groups is 1. The maximum atomic E-state index is 11.2. The molecule has 1 aromatic carbocycles. The first-order valence-electron chi connectivity index (χ1n) is 4.87. The standard InChI is InChI=1S/C12H9NO4/c1-6(14)7-2-3-8-9(4-7)13-10(12(16)17)5-11(8)15/h2-5H,1H3,(H,13,15)(H,16,17). The van der Waals surface area contributed by atoms with Gasteiger partial charge in [0.1, 0.15) is 5.75 Å². The van der Waals surface area contributed by atoms with Crippen LogP contribution in [0.2, 0.25) is 0 Å². The summed E-state index contributed by atoms with van der Waals surface area (Å²) in [5.74, 6) is -1.54. The van der Waals surface area contributed by atoms with Crippen molar-refractivity contribution in [3.8, 4) is 5.75 Å². The number of benzene rings is 1. The van der Waals surface area contributed by atoms with Gasteiger partial charge in [-0.25, -0.2) is 9.78 Å². The summed E-state index contributed by atoms with van der Waals surface area (Å²) in [5, 5.41) is 18.9. The van der Waals surface area contributed by atoms with Crippen LogP contribution in [0.5, 0.6) is 5.75 Å². The van der Waals surface area contributed by atoms with E-state index in [1.165, 1.54) is 13.0 Å². The molecule has 5 heteroatoms. The van der Waals surface area contributed by atoms with Crippen LogP contribution in [0.1, 0.15) is 27.8 Å². The summed E-state index contributed by atoms with van der Waals surface area (Å²) in [6.45, 7) is 1.40. The summed E-state index contributed by atoms with van der Waals surface area (Å²) < 4.78 is 0. The summed E-state index contributed by atoms with van der Waals surface area (Å²) >= 11 is 0. The van der Waals surface area contributed by atoms with Crippen LogP contribution in [0, 0.1) is 0 Å². The number of hydrogen-bond donors (Lipinski definition) is 2. The highest BCUT2D eigenvalue weighted by molar-refractivity contribution is 5.99. The Bertz CT molecular complexity index is 628. The van der Waals surface area contributed by atoms with Crippen LogP contribution >= 0.6 is 0 Å². The minimum absolute atomic E-state index is 0.145. The molecule has 2 aromatic rings. The van der Waals surface area contributed by atoms with E-state index in [-0.39, 0.29) is 22.7 Å². The minimum atomic E-state index is -1.23. The van der Waals surface area contributed by atoms with Gasteiger partial charge < -0.3 is 10.2 Å². The summed E-state index contributed by atoms with van der Waals surface area (Å²) in [5.41, 5.74) is 0.456. The third kappa shape index (κ3) is 1.94. The molecule has 1 heterocycles. The fourth-order valence-electron chi connectivity index (χ4n) is 1.54. The Hall–Kier alpha value is -2.43. The number of carbonyl (C=O) groups excluding carboxylic acids is 1. The third-order valence-corrected chi connectivity index (χ3v) is 2.41. The molecule has 0 fully saturated rings. The molecule has 0 radical (unpaired) electrons. The van der Waals surface area contributed by atoms with Gasteiger partial charge in [0.25, 0.3) is 0 Å². The van der Waals surface area contributed by atoms with Crippen LogP contribution in [0.3, 0.4) is 0 Å². The monoisotopic (exact) mass is 231 g/mol. The number of ketones is 1. The number of pyridine rings is 1. The second kappa shape index (κ2) is 3.86. The first kappa shape index (κ1) is 11.1. The average Bonchev–Trinajstić information content (AvgIpc) is 2.27. The normalized spacial score (nSPS) is 10.4. The Morgan fingerprint density at radius 3 is 2.53 bits per heavy atom. The SMILES string of the molecule is CC(=O)c1ccc2c(O)cc(C(=O)O)nc2c1. The summed E-state index contributed by atoms with van der Waals surface area (Å²) in [6.07, 6.45) is 0. The molecule has 0 spiro atoms. The molecule has 17 heavy (non-hydrogen) atoms. The predicted molar refractivity (Wildman–Crippen MR) is 60.4 cm³/mol. The van der Waals surface area contributed by atoms with E-state index in [1.54, 1.807) is 12.1 Å². The lowest BCUT2D eigenvalue weighted by molar-refractivity contribution is 0.0690. The average molecular weight is 231 g/mol. The van der Waals surface area contributed by atoms with Crippen LogP contribution < -0.4 is 0 Å². The minimum Gasteiger partial charge on any atom is -0.507 e. The Labute approximate surface area is 96.3 Å². The van der Waals surface area contributed by atoms with Gasteiger partial charge in [0.15, 0.2) is 11.5 Å². The topological polar surface area (TPSA) is 87.5 Å². The van der Waals surface area contributed by atoms with Gasteiger partial charge in [0.2, 0.25) is 0 Å². The molecule has 1 aromatic heterocycles. The molecular weight excluding hydrogens is 222 g/mol. The molecule has 2 N–H and O–H groups in total. The van der Waals surface area contributed by atoms with Crippen molar-refractivity contribution in [2.75, 3.05) is 0 Å². The van der Waals surface area contributed by atoms with E-state index in [0.717, 1.165) is 6.07 Å². The molecular formula is C12H9NO4. The Balaban J connectivity index is 2.74. The molecule has 0 saturated heterocycles. The van der Waals surface area contributed by atoms with Gasteiger partial charge in [-0.2, -0.15) is 0 Å². The zero-order chi connectivity index (χ0) is 12.6. The van der Waals surface area contributed by atoms with Crippen molar-refractivity contribution in [1.29, 1.82) is 0 Å². The Kier molecular flexibility index (Phi) is 2.51. The second-order valence-corrected chi connectivity index (χ2v) is 3.62. The molecule has 5 nitrogen and oxygen atoms in total. The Morgan fingerprint density at radius 2 is 1.94 bits per heavy atom. The molecule has 0 bridgehead atoms. The highest BCUT2D eigenvalue weighted by atomic mass is 16.4. The van der Waals surface area contributed by atoms with E-state index < -0.39 is 5.97 Å². The van der Waals surface area contributed by atoms with Crippen molar-refractivity contribution in [1.82, 2.24) is 4.98 Å². The zero-order valence-corrected chi connectivity index (χ0v) is 8.97. The van der Waals surface area contributed by atoms with Crippen molar-refractivity contribution < 1.29 is 19.8 Å². The van der Waals surface area contributed by atoms with E-state index >= 15 is 0 Å². The number of carbonyl (C=O) groups is 2. The van der Waals surface area contributed by atoms with Gasteiger partial charge in [0, 0.05) is 17.0 Å². The van der Waals surface area contributed by atoms with E-state index in [2.05, 4.69) is 4.98 Å². The van der Waals surface area contributed by atoms with Crippen LogP contribution in [0.25, 0.3) is 10.9 Å². The number of hydrogen-bond acceptors (Lipinski definition) is 4. The first-order chi connectivity index (χ1) is 7.99. The van der Waals surface area contributed by atoms with Crippen molar-refractivity contribution in [3.05, 3.63) is 35.5 Å². The number of Topliss-reactive ketones (excluding diaryl/α,β-unsaturated/α-hetero) is 1. The molecule has 0 aliphatic carbocycles. The summed E-state index contributed by atoms with van der Waals surface area (Å²) in [4.78, 5) is 25.8. The van der Waals surface area contributed by atoms with E-state index in [0.29, 0.717) is 10.9 Å². The zero-order valence-electron chi connectivity index (χ0n) is 8.97. The van der Waals surface area contributed by atoms with Crippen molar-refractivity contribution >= 4 is 22.7 Å². The number of carboxylic acids is 1. The molecule has 0 aliphatic heterocycles. The van der Waals surface area contributed by atoms with Crippen LogP contribution in [0.15, 0.2) is 24.3 Å². The number of aromatic nitrogens is 1. The number of rotatable bonds is 2. The van der Waals surface area contributed by atoms with Crippen LogP contribution in [0.4, 0.5) is 0 Å². The fourth-order valence-corrected chi connectivity index (χ4v) is 1.54. The van der Waals surface area contributed by atoms with Gasteiger partial charge in [-0.1, -0.05) is 6.07 Å². The van der Waals surface area contributed by atoms with Crippen molar-refractivity contribution in [2.45, 2.75) is 6.92 Å². The van der Waals surface area contributed by atoms with Gasteiger partial charge in [-0.05, 0) is 19.1 Å². The molecule has 0 amide bonds. The Morgan fingerprint density at radius 1 is 1.24 bits per heavy atom. The van der Waals surface area contributed by atoms with Gasteiger partial charge in [-0.15, -0.1) is 0 Å². The molecule has 0 aliphatic rings. The molecule has 0 atom stereocenters. The maximum Gasteiger partial charge on any atom is 0.354 e. The quantitative estimate of drug-likeness (QED) is 0.770. The van der Waals surface area contributed by atoms with Gasteiger partial charge >= 0.3 is 5.97 Å². The second-order valence-electron chi connectivity index (χ2n) is 3.62. The lowest BCUT2D eigenvalue weighted by atomic mass is 10.1. The molecule has 2 rings (SSSR count). The maximum absolute atomic E-state index is 11.2. The van der Waals surface area contributed by atoms with Crippen molar-refractivity contribution in [2.24, 2.45) is 0 Å². The third-order valence-electron chi connectivity index (χ3n) is 2.41. The van der Waals surface area contributed by atoms with Crippen LogP contribution in [-0.2, 0) is 0 Å². The summed E-state index contributed by atoms with van der Waals surface area (Å²) in [7, 11) is 0. The predicted octanol–water partition coefficient (Wildman–Crippen LogP) is 1.84. The summed E-state index contributed by atoms with van der Waals surface area (Å²) in [6, 6.07) is 5.65. The van der Waals surface area contributed by atoms with Crippen LogP contribution in [-0.4, -0.2) is 26.9 Å². The lowest BCUT2D eigenvalue weighted by Crippen LogP contribution is -2.01.